The van der Waals surface area contributed by atoms with Gasteiger partial charge in [0, 0.05) is 7.05 Å². The first-order valence-electron chi connectivity index (χ1n) is 8.33. The Kier molecular flexibility index (Phi) is 5.92. The fourth-order valence-corrected chi connectivity index (χ4v) is 2.66. The highest BCUT2D eigenvalue weighted by molar-refractivity contribution is 5.88. The average Bonchev–Trinajstić information content (AvgIpc) is 3.04. The number of ether oxygens (including phenoxy) is 2. The Hall–Kier alpha value is -2.54. The molecule has 1 aliphatic rings. The minimum atomic E-state index is -0.804. The van der Waals surface area contributed by atoms with Crippen molar-refractivity contribution in [3.05, 3.63) is 42.0 Å². The summed E-state index contributed by atoms with van der Waals surface area (Å²) in [7, 11) is 4.49. The summed E-state index contributed by atoms with van der Waals surface area (Å²) in [6.07, 6.45) is 2.94. The highest BCUT2D eigenvalue weighted by atomic mass is 16.7. The van der Waals surface area contributed by atoms with Crippen LogP contribution < -0.4 is 4.74 Å². The number of hydrogen-bond acceptors (Lipinski definition) is 5. The average molecular weight is 362 g/mol. The number of nitrogens with zero attached hydrogens (tertiary/aromatic N) is 2. The van der Waals surface area contributed by atoms with E-state index in [0.717, 1.165) is 10.6 Å². The van der Waals surface area contributed by atoms with Crippen molar-refractivity contribution in [1.29, 1.82) is 0 Å². The van der Waals surface area contributed by atoms with E-state index in [9.17, 15) is 9.59 Å². The molecule has 1 aliphatic heterocycles. The molecular formula is C19H26N2O5. The third kappa shape index (κ3) is 4.35. The van der Waals surface area contributed by atoms with Crippen LogP contribution in [0.3, 0.4) is 0 Å². The summed E-state index contributed by atoms with van der Waals surface area (Å²) in [6, 6.07) is 6.12. The van der Waals surface area contributed by atoms with Crippen molar-refractivity contribution in [3.63, 3.8) is 0 Å². The van der Waals surface area contributed by atoms with E-state index in [0.29, 0.717) is 5.75 Å². The molecule has 0 fully saturated rings. The van der Waals surface area contributed by atoms with Crippen LogP contribution in [0.25, 0.3) is 0 Å². The fraction of sp³-hybridized carbons (Fsp3) is 0.474. The highest BCUT2D eigenvalue weighted by Crippen LogP contribution is 2.33. The Morgan fingerprint density at radius 1 is 1.08 bits per heavy atom. The van der Waals surface area contributed by atoms with E-state index >= 15 is 0 Å². The van der Waals surface area contributed by atoms with Gasteiger partial charge in [0.1, 0.15) is 17.4 Å². The second-order valence-electron chi connectivity index (χ2n) is 6.95. The molecule has 1 heterocycles. The van der Waals surface area contributed by atoms with Crippen LogP contribution in [0.15, 0.2) is 36.4 Å². The summed E-state index contributed by atoms with van der Waals surface area (Å²) < 4.78 is 10.7. The van der Waals surface area contributed by atoms with E-state index in [1.165, 1.54) is 19.1 Å². The zero-order valence-corrected chi connectivity index (χ0v) is 16.1. The Morgan fingerprint density at radius 2 is 1.69 bits per heavy atom. The number of amides is 2. The summed E-state index contributed by atoms with van der Waals surface area (Å²) >= 11 is 0. The van der Waals surface area contributed by atoms with Crippen LogP contribution in [0.4, 0.5) is 4.79 Å². The van der Waals surface area contributed by atoms with Gasteiger partial charge in [-0.1, -0.05) is 24.3 Å². The molecule has 0 spiro atoms. The molecule has 0 aromatic heterocycles. The van der Waals surface area contributed by atoms with Gasteiger partial charge in [0.05, 0.1) is 20.3 Å². The number of carbonyl (C=O) groups excluding carboxylic acids is 2. The van der Waals surface area contributed by atoms with Gasteiger partial charge in [-0.3, -0.25) is 14.5 Å². The van der Waals surface area contributed by atoms with Crippen molar-refractivity contribution in [3.8, 4) is 5.75 Å². The first kappa shape index (κ1) is 19.8. The molecule has 0 saturated carbocycles. The molecule has 7 heteroatoms. The van der Waals surface area contributed by atoms with Crippen LogP contribution in [-0.2, 0) is 14.4 Å². The van der Waals surface area contributed by atoms with E-state index in [-0.39, 0.29) is 5.91 Å². The number of methoxy groups -OCH3 is 1. The third-order valence-corrected chi connectivity index (χ3v) is 3.97. The van der Waals surface area contributed by atoms with Gasteiger partial charge in [0.25, 0.3) is 5.91 Å². The SMILES string of the molecule is COc1ccc([C@@H]2C=C[C@@H](C(=O)N(C)OC)N2C(=O)OC(C)(C)C)cc1. The van der Waals surface area contributed by atoms with Gasteiger partial charge in [-0.05, 0) is 38.5 Å². The second-order valence-corrected chi connectivity index (χ2v) is 6.95. The maximum Gasteiger partial charge on any atom is 0.412 e. The molecule has 2 atom stereocenters. The van der Waals surface area contributed by atoms with Crippen LogP contribution in [0.2, 0.25) is 0 Å². The zero-order chi connectivity index (χ0) is 19.5. The van der Waals surface area contributed by atoms with E-state index in [4.69, 9.17) is 14.3 Å². The molecule has 0 radical (unpaired) electrons. The largest absolute Gasteiger partial charge is 0.497 e. The topological polar surface area (TPSA) is 68.3 Å². The number of benzene rings is 1. The van der Waals surface area contributed by atoms with Crippen LogP contribution in [0.1, 0.15) is 32.4 Å². The zero-order valence-electron chi connectivity index (χ0n) is 16.1. The van der Waals surface area contributed by atoms with Crippen molar-refractivity contribution >= 4 is 12.0 Å². The molecule has 1 aromatic carbocycles. The minimum Gasteiger partial charge on any atom is -0.497 e. The highest BCUT2D eigenvalue weighted by Gasteiger charge is 2.41. The van der Waals surface area contributed by atoms with Crippen LogP contribution >= 0.6 is 0 Å². The maximum atomic E-state index is 12.8. The molecule has 0 unspecified atom stereocenters. The van der Waals surface area contributed by atoms with Gasteiger partial charge in [-0.15, -0.1) is 0 Å². The van der Waals surface area contributed by atoms with Gasteiger partial charge in [0.2, 0.25) is 0 Å². The van der Waals surface area contributed by atoms with Gasteiger partial charge in [0.15, 0.2) is 0 Å². The lowest BCUT2D eigenvalue weighted by Gasteiger charge is -2.33. The number of rotatable bonds is 4. The molecule has 2 rings (SSSR count). The normalized spacial score (nSPS) is 19.4. The van der Waals surface area contributed by atoms with E-state index in [2.05, 4.69) is 0 Å². The smallest absolute Gasteiger partial charge is 0.412 e. The molecule has 2 amide bonds. The summed E-state index contributed by atoms with van der Waals surface area (Å²) in [5, 5.41) is 1.10. The fourth-order valence-electron chi connectivity index (χ4n) is 2.66. The Bertz CT molecular complexity index is 678. The van der Waals surface area contributed by atoms with E-state index in [1.807, 2.05) is 30.3 Å². The van der Waals surface area contributed by atoms with Crippen LogP contribution in [0, 0.1) is 0 Å². The Labute approximate surface area is 154 Å². The molecule has 0 saturated heterocycles. The Balaban J connectivity index is 2.35. The molecule has 0 aliphatic carbocycles. The second kappa shape index (κ2) is 7.78. The first-order chi connectivity index (χ1) is 12.2. The van der Waals surface area contributed by atoms with Crippen molar-refractivity contribution < 1.29 is 23.9 Å². The summed E-state index contributed by atoms with van der Waals surface area (Å²) in [5.41, 5.74) is 0.175. The number of hydrogen-bond donors (Lipinski definition) is 0. The quantitative estimate of drug-likeness (QED) is 0.608. The van der Waals surface area contributed by atoms with Gasteiger partial charge < -0.3 is 9.47 Å². The van der Waals surface area contributed by atoms with Crippen molar-refractivity contribution in [2.24, 2.45) is 0 Å². The molecule has 0 bridgehead atoms. The lowest BCUT2D eigenvalue weighted by Crippen LogP contribution is -2.48. The monoisotopic (exact) mass is 362 g/mol. The van der Waals surface area contributed by atoms with Gasteiger partial charge >= 0.3 is 6.09 Å². The van der Waals surface area contributed by atoms with Crippen LogP contribution in [-0.4, -0.2) is 54.9 Å². The number of hydroxylamine groups is 2. The predicted octanol–water partition coefficient (Wildman–Crippen LogP) is 2.93. The van der Waals surface area contributed by atoms with Gasteiger partial charge in [-0.2, -0.15) is 0 Å². The summed E-state index contributed by atoms with van der Waals surface area (Å²) in [4.78, 5) is 31.8. The summed E-state index contributed by atoms with van der Waals surface area (Å²) in [6.45, 7) is 5.36. The van der Waals surface area contributed by atoms with Crippen molar-refractivity contribution in [1.82, 2.24) is 9.96 Å². The van der Waals surface area contributed by atoms with E-state index in [1.54, 1.807) is 34.0 Å². The molecule has 142 valence electrons. The third-order valence-electron chi connectivity index (χ3n) is 3.97. The lowest BCUT2D eigenvalue weighted by atomic mass is 10.1. The molecule has 26 heavy (non-hydrogen) atoms. The Morgan fingerprint density at radius 3 is 2.19 bits per heavy atom. The molecular weight excluding hydrogens is 336 g/mol. The summed E-state index contributed by atoms with van der Waals surface area (Å²) in [5.74, 6) is 0.358. The number of likely N-dealkylation sites (N-methyl/N-ethyl adjacent to an activating group) is 1. The molecule has 7 nitrogen and oxygen atoms in total. The van der Waals surface area contributed by atoms with Crippen molar-refractivity contribution in [2.45, 2.75) is 38.5 Å². The van der Waals surface area contributed by atoms with Crippen molar-refractivity contribution in [2.75, 3.05) is 21.3 Å². The lowest BCUT2D eigenvalue weighted by molar-refractivity contribution is -0.172. The number of carbonyl (C=O) groups is 2. The molecule has 1 aromatic rings. The first-order valence-corrected chi connectivity index (χ1v) is 8.33. The predicted molar refractivity (Wildman–Crippen MR) is 96.5 cm³/mol. The van der Waals surface area contributed by atoms with Crippen LogP contribution in [0.5, 0.6) is 5.75 Å². The molecule has 0 N–H and O–H groups in total. The standard InChI is InChI=1S/C19H26N2O5/c1-19(2,3)26-18(23)21-15(13-7-9-14(24-5)10-8-13)11-12-16(21)17(22)20(4)25-6/h7-12,15-16H,1-6H3/t15-,16-/m0/s1. The maximum absolute atomic E-state index is 12.8. The van der Waals surface area contributed by atoms with Gasteiger partial charge in [-0.25, -0.2) is 9.86 Å². The minimum absolute atomic E-state index is 0.356. The van der Waals surface area contributed by atoms with E-state index < -0.39 is 23.8 Å².